The summed E-state index contributed by atoms with van der Waals surface area (Å²) in [6, 6.07) is 7.13. The second kappa shape index (κ2) is 4.93. The number of hydrogen-bond donors (Lipinski definition) is 1. The van der Waals surface area contributed by atoms with Gasteiger partial charge in [0.05, 0.1) is 0 Å². The Morgan fingerprint density at radius 2 is 2.05 bits per heavy atom. The summed E-state index contributed by atoms with van der Waals surface area (Å²) in [7, 11) is 0. The molecule has 0 aliphatic rings. The average Bonchev–Trinajstić information content (AvgIpc) is 3.06. The van der Waals surface area contributed by atoms with Gasteiger partial charge in [-0.1, -0.05) is 22.0 Å². The van der Waals surface area contributed by atoms with E-state index in [1.165, 1.54) is 0 Å². The molecule has 0 fully saturated rings. The van der Waals surface area contributed by atoms with Crippen molar-refractivity contribution in [1.29, 1.82) is 0 Å². The van der Waals surface area contributed by atoms with Crippen molar-refractivity contribution < 1.29 is 4.52 Å². The largest absolute Gasteiger partial charge is 0.382 e. The first kappa shape index (κ1) is 12.6. The maximum absolute atomic E-state index is 5.91. The van der Waals surface area contributed by atoms with Gasteiger partial charge in [0.25, 0.3) is 5.89 Å². The third-order valence-corrected chi connectivity index (χ3v) is 3.06. The SMILES string of the molecule is CCn1nnc(-c2nc(-c3ccc(Cl)cc3)no2)c1N. The summed E-state index contributed by atoms with van der Waals surface area (Å²) in [5.74, 6) is 1.09. The first-order valence-corrected chi connectivity index (χ1v) is 6.36. The molecule has 0 aliphatic carbocycles. The van der Waals surface area contributed by atoms with E-state index in [1.807, 2.05) is 19.1 Å². The molecule has 20 heavy (non-hydrogen) atoms. The fourth-order valence-electron chi connectivity index (χ4n) is 1.74. The van der Waals surface area contributed by atoms with Gasteiger partial charge in [-0.25, -0.2) is 4.68 Å². The van der Waals surface area contributed by atoms with Gasteiger partial charge in [-0.05, 0) is 31.2 Å². The van der Waals surface area contributed by atoms with E-state index >= 15 is 0 Å². The van der Waals surface area contributed by atoms with Gasteiger partial charge in [-0.2, -0.15) is 4.98 Å². The number of nitrogens with two attached hydrogens (primary N) is 1. The van der Waals surface area contributed by atoms with E-state index in [4.69, 9.17) is 21.9 Å². The standard InChI is InChI=1S/C12H11ClN6O/c1-2-19-10(14)9(16-18-19)12-15-11(17-20-12)7-3-5-8(13)6-4-7/h3-6H,2,14H2,1H3. The van der Waals surface area contributed by atoms with E-state index in [2.05, 4.69) is 20.5 Å². The van der Waals surface area contributed by atoms with Crippen molar-refractivity contribution in [3.63, 3.8) is 0 Å². The third-order valence-electron chi connectivity index (χ3n) is 2.80. The molecule has 0 bridgehead atoms. The molecule has 0 atom stereocenters. The molecule has 1 aromatic carbocycles. The molecular weight excluding hydrogens is 280 g/mol. The van der Waals surface area contributed by atoms with Gasteiger partial charge in [-0.15, -0.1) is 5.10 Å². The lowest BCUT2D eigenvalue weighted by molar-refractivity contribution is 0.431. The van der Waals surface area contributed by atoms with Crippen molar-refractivity contribution in [2.45, 2.75) is 13.5 Å². The fourth-order valence-corrected chi connectivity index (χ4v) is 1.87. The van der Waals surface area contributed by atoms with Crippen molar-refractivity contribution >= 4 is 17.4 Å². The predicted molar refractivity (Wildman–Crippen MR) is 73.8 cm³/mol. The van der Waals surface area contributed by atoms with E-state index in [1.54, 1.807) is 16.8 Å². The number of benzene rings is 1. The van der Waals surface area contributed by atoms with Gasteiger partial charge in [0.2, 0.25) is 5.82 Å². The molecule has 3 rings (SSSR count). The van der Waals surface area contributed by atoms with Crippen molar-refractivity contribution in [2.24, 2.45) is 0 Å². The van der Waals surface area contributed by atoms with E-state index in [9.17, 15) is 0 Å². The van der Waals surface area contributed by atoms with Crippen LogP contribution >= 0.6 is 11.6 Å². The highest BCUT2D eigenvalue weighted by Crippen LogP contribution is 2.25. The average molecular weight is 291 g/mol. The molecule has 0 saturated heterocycles. The Kier molecular flexibility index (Phi) is 3.11. The molecule has 8 heteroatoms. The highest BCUT2D eigenvalue weighted by Gasteiger charge is 2.18. The number of nitrogens with zero attached hydrogens (tertiary/aromatic N) is 5. The van der Waals surface area contributed by atoms with Crippen LogP contribution in [0.3, 0.4) is 0 Å². The van der Waals surface area contributed by atoms with Gasteiger partial charge < -0.3 is 10.3 Å². The first-order chi connectivity index (χ1) is 9.69. The first-order valence-electron chi connectivity index (χ1n) is 5.98. The summed E-state index contributed by atoms with van der Waals surface area (Å²) in [4.78, 5) is 4.27. The molecule has 3 aromatic rings. The van der Waals surface area contributed by atoms with E-state index < -0.39 is 0 Å². The Bertz CT molecular complexity index is 733. The van der Waals surface area contributed by atoms with Crippen LogP contribution in [0.5, 0.6) is 0 Å². The van der Waals surface area contributed by atoms with E-state index in [0.29, 0.717) is 28.9 Å². The minimum absolute atomic E-state index is 0.243. The molecule has 0 aliphatic heterocycles. The smallest absolute Gasteiger partial charge is 0.282 e. The van der Waals surface area contributed by atoms with Crippen LogP contribution in [0, 0.1) is 0 Å². The zero-order chi connectivity index (χ0) is 14.1. The number of aromatic nitrogens is 5. The lowest BCUT2D eigenvalue weighted by Gasteiger charge is -1.95. The van der Waals surface area contributed by atoms with E-state index in [0.717, 1.165) is 5.56 Å². The molecule has 0 radical (unpaired) electrons. The van der Waals surface area contributed by atoms with Crippen molar-refractivity contribution in [2.75, 3.05) is 5.73 Å². The summed E-state index contributed by atoms with van der Waals surface area (Å²) >= 11 is 5.84. The molecule has 102 valence electrons. The predicted octanol–water partition coefficient (Wildman–Crippen LogP) is 2.25. The second-order valence-corrected chi connectivity index (χ2v) is 4.51. The third kappa shape index (κ3) is 2.12. The Labute approximate surface area is 119 Å². The molecule has 0 saturated carbocycles. The number of hydrogen-bond acceptors (Lipinski definition) is 6. The van der Waals surface area contributed by atoms with Crippen LogP contribution in [0.4, 0.5) is 5.82 Å². The number of anilines is 1. The Morgan fingerprint density at radius 1 is 1.30 bits per heavy atom. The van der Waals surface area contributed by atoms with Gasteiger partial charge >= 0.3 is 0 Å². The summed E-state index contributed by atoms with van der Waals surface area (Å²) in [6.07, 6.45) is 0. The topological polar surface area (TPSA) is 95.6 Å². The highest BCUT2D eigenvalue weighted by atomic mass is 35.5. The van der Waals surface area contributed by atoms with Crippen LogP contribution in [-0.2, 0) is 6.54 Å². The zero-order valence-electron chi connectivity index (χ0n) is 10.6. The van der Waals surface area contributed by atoms with Crippen LogP contribution < -0.4 is 5.73 Å². The summed E-state index contributed by atoms with van der Waals surface area (Å²) in [5, 5.41) is 12.4. The van der Waals surface area contributed by atoms with Crippen LogP contribution in [0.25, 0.3) is 23.0 Å². The fraction of sp³-hybridized carbons (Fsp3) is 0.167. The molecule has 2 heterocycles. The number of aryl methyl sites for hydroxylation is 1. The van der Waals surface area contributed by atoms with Crippen LogP contribution in [-0.4, -0.2) is 25.1 Å². The summed E-state index contributed by atoms with van der Waals surface area (Å²) in [5.41, 5.74) is 7.09. The highest BCUT2D eigenvalue weighted by molar-refractivity contribution is 6.30. The Balaban J connectivity index is 1.97. The zero-order valence-corrected chi connectivity index (χ0v) is 11.4. The van der Waals surface area contributed by atoms with Gasteiger partial charge in [0.1, 0.15) is 0 Å². The quantitative estimate of drug-likeness (QED) is 0.795. The van der Waals surface area contributed by atoms with Crippen LogP contribution in [0.2, 0.25) is 5.02 Å². The summed E-state index contributed by atoms with van der Waals surface area (Å²) < 4.78 is 6.74. The molecule has 0 spiro atoms. The lowest BCUT2D eigenvalue weighted by atomic mass is 10.2. The molecule has 7 nitrogen and oxygen atoms in total. The monoisotopic (exact) mass is 290 g/mol. The Morgan fingerprint density at radius 3 is 2.70 bits per heavy atom. The van der Waals surface area contributed by atoms with Gasteiger partial charge in [-0.3, -0.25) is 0 Å². The normalized spacial score (nSPS) is 10.9. The van der Waals surface area contributed by atoms with Crippen LogP contribution in [0.15, 0.2) is 28.8 Å². The van der Waals surface area contributed by atoms with Crippen LogP contribution in [0.1, 0.15) is 6.92 Å². The number of nitrogen functional groups attached to an aromatic ring is 1. The minimum atomic E-state index is 0.243. The van der Waals surface area contributed by atoms with Crippen molar-refractivity contribution in [1.82, 2.24) is 25.1 Å². The molecule has 2 aromatic heterocycles. The second-order valence-electron chi connectivity index (χ2n) is 4.07. The van der Waals surface area contributed by atoms with E-state index in [-0.39, 0.29) is 5.89 Å². The minimum Gasteiger partial charge on any atom is -0.382 e. The lowest BCUT2D eigenvalue weighted by Crippen LogP contribution is -2.02. The van der Waals surface area contributed by atoms with Crippen molar-refractivity contribution in [3.05, 3.63) is 29.3 Å². The number of rotatable bonds is 3. The number of halogens is 1. The Hall–Kier alpha value is -2.41. The van der Waals surface area contributed by atoms with Gasteiger partial charge in [0.15, 0.2) is 11.5 Å². The van der Waals surface area contributed by atoms with Crippen molar-refractivity contribution in [3.8, 4) is 23.0 Å². The molecule has 0 unspecified atom stereocenters. The summed E-state index contributed by atoms with van der Waals surface area (Å²) in [6.45, 7) is 2.54. The van der Waals surface area contributed by atoms with Gasteiger partial charge in [0, 0.05) is 17.1 Å². The molecule has 2 N–H and O–H groups in total. The molecular formula is C12H11ClN6O. The maximum atomic E-state index is 5.91. The molecule has 0 amide bonds. The maximum Gasteiger partial charge on any atom is 0.282 e.